The van der Waals surface area contributed by atoms with Crippen LogP contribution >= 0.6 is 0 Å². The molecule has 2 aromatic carbocycles. The molecule has 0 radical (unpaired) electrons. The summed E-state index contributed by atoms with van der Waals surface area (Å²) >= 11 is 0. The standard InChI is InChI=1S/C17H17NO4/c1-21-16-10-13(11-19)7-8-15(16)22-17(20)14(18)9-12-5-3-2-4-6-12/h2-8,10-11,14H,9,18H2,1H3/t14-/m0/s1. The Morgan fingerprint density at radius 2 is 1.91 bits per heavy atom. The van der Waals surface area contributed by atoms with Gasteiger partial charge in [-0.3, -0.25) is 4.79 Å². The third kappa shape index (κ3) is 3.93. The number of hydrogen-bond donors (Lipinski definition) is 1. The van der Waals surface area contributed by atoms with Crippen molar-refractivity contribution in [3.05, 3.63) is 59.7 Å². The Morgan fingerprint density at radius 1 is 1.18 bits per heavy atom. The van der Waals surface area contributed by atoms with Crippen molar-refractivity contribution in [1.82, 2.24) is 0 Å². The fourth-order valence-corrected chi connectivity index (χ4v) is 1.98. The predicted molar refractivity (Wildman–Crippen MR) is 82.1 cm³/mol. The van der Waals surface area contributed by atoms with Crippen molar-refractivity contribution in [2.24, 2.45) is 5.73 Å². The first-order valence-corrected chi connectivity index (χ1v) is 6.78. The molecule has 0 unspecified atom stereocenters. The van der Waals surface area contributed by atoms with Gasteiger partial charge >= 0.3 is 5.97 Å². The maximum atomic E-state index is 12.1. The molecule has 2 N–H and O–H groups in total. The number of aldehydes is 1. The van der Waals surface area contributed by atoms with Crippen molar-refractivity contribution in [3.63, 3.8) is 0 Å². The van der Waals surface area contributed by atoms with E-state index in [1.165, 1.54) is 19.2 Å². The molecule has 0 saturated heterocycles. The lowest BCUT2D eigenvalue weighted by Crippen LogP contribution is -2.36. The van der Waals surface area contributed by atoms with Gasteiger partial charge in [0.15, 0.2) is 11.5 Å². The number of esters is 1. The Kier molecular flexibility index (Phi) is 5.27. The fourth-order valence-electron chi connectivity index (χ4n) is 1.98. The van der Waals surface area contributed by atoms with Crippen LogP contribution in [0.15, 0.2) is 48.5 Å². The number of rotatable bonds is 6. The molecule has 0 fully saturated rings. The first kappa shape index (κ1) is 15.7. The van der Waals surface area contributed by atoms with E-state index in [0.717, 1.165) is 5.56 Å². The summed E-state index contributed by atoms with van der Waals surface area (Å²) < 4.78 is 10.4. The van der Waals surface area contributed by atoms with Gasteiger partial charge in [-0.25, -0.2) is 4.79 Å². The topological polar surface area (TPSA) is 78.6 Å². The number of carbonyl (C=O) groups is 2. The summed E-state index contributed by atoms with van der Waals surface area (Å²) in [5.74, 6) is -0.00696. The van der Waals surface area contributed by atoms with Crippen LogP contribution in [0.2, 0.25) is 0 Å². The van der Waals surface area contributed by atoms with Crippen LogP contribution < -0.4 is 15.2 Å². The van der Waals surface area contributed by atoms with Gasteiger partial charge in [0, 0.05) is 5.56 Å². The molecule has 2 aromatic rings. The molecule has 1 atom stereocenters. The summed E-state index contributed by atoms with van der Waals surface area (Å²) in [6.07, 6.45) is 1.07. The van der Waals surface area contributed by atoms with Gasteiger partial charge in [0.2, 0.25) is 0 Å². The molecule has 0 aliphatic carbocycles. The fraction of sp³-hybridized carbons (Fsp3) is 0.176. The van der Waals surface area contributed by atoms with E-state index >= 15 is 0 Å². The molecule has 2 rings (SSSR count). The number of benzene rings is 2. The molecule has 0 saturated carbocycles. The summed E-state index contributed by atoms with van der Waals surface area (Å²) in [5.41, 5.74) is 7.26. The van der Waals surface area contributed by atoms with E-state index in [1.807, 2.05) is 30.3 Å². The Balaban J connectivity index is 2.06. The summed E-state index contributed by atoms with van der Waals surface area (Å²) in [7, 11) is 1.44. The van der Waals surface area contributed by atoms with Crippen molar-refractivity contribution in [2.75, 3.05) is 7.11 Å². The van der Waals surface area contributed by atoms with Crippen molar-refractivity contribution in [3.8, 4) is 11.5 Å². The van der Waals surface area contributed by atoms with E-state index in [0.29, 0.717) is 24.0 Å². The molecular formula is C17H17NO4. The Hall–Kier alpha value is -2.66. The highest BCUT2D eigenvalue weighted by Crippen LogP contribution is 2.27. The van der Waals surface area contributed by atoms with Gasteiger partial charge < -0.3 is 15.2 Å². The van der Waals surface area contributed by atoms with Crippen LogP contribution in [0, 0.1) is 0 Å². The van der Waals surface area contributed by atoms with Crippen LogP contribution in [0.1, 0.15) is 15.9 Å². The highest BCUT2D eigenvalue weighted by atomic mass is 16.6. The van der Waals surface area contributed by atoms with Crippen LogP contribution in [0.4, 0.5) is 0 Å². The van der Waals surface area contributed by atoms with Gasteiger partial charge in [0.1, 0.15) is 12.3 Å². The summed E-state index contributed by atoms with van der Waals surface area (Å²) in [6.45, 7) is 0. The monoisotopic (exact) mass is 299 g/mol. The smallest absolute Gasteiger partial charge is 0.328 e. The lowest BCUT2D eigenvalue weighted by Gasteiger charge is -2.13. The van der Waals surface area contributed by atoms with Crippen molar-refractivity contribution >= 4 is 12.3 Å². The highest BCUT2D eigenvalue weighted by molar-refractivity contribution is 5.80. The van der Waals surface area contributed by atoms with Crippen molar-refractivity contribution in [1.29, 1.82) is 0 Å². The van der Waals surface area contributed by atoms with Gasteiger partial charge in [0.25, 0.3) is 0 Å². The molecule has 0 spiro atoms. The molecule has 0 bridgehead atoms. The third-order valence-electron chi connectivity index (χ3n) is 3.14. The number of hydrogen-bond acceptors (Lipinski definition) is 5. The molecule has 0 aliphatic heterocycles. The molecule has 0 aromatic heterocycles. The van der Waals surface area contributed by atoms with Crippen LogP contribution in [0.25, 0.3) is 0 Å². The zero-order valence-electron chi connectivity index (χ0n) is 12.2. The van der Waals surface area contributed by atoms with Gasteiger partial charge in [0.05, 0.1) is 7.11 Å². The zero-order chi connectivity index (χ0) is 15.9. The van der Waals surface area contributed by atoms with Crippen LogP contribution in [0.5, 0.6) is 11.5 Å². The summed E-state index contributed by atoms with van der Waals surface area (Å²) in [5, 5.41) is 0. The zero-order valence-corrected chi connectivity index (χ0v) is 12.2. The first-order chi connectivity index (χ1) is 10.6. The number of methoxy groups -OCH3 is 1. The quantitative estimate of drug-likeness (QED) is 0.501. The van der Waals surface area contributed by atoms with E-state index < -0.39 is 12.0 Å². The van der Waals surface area contributed by atoms with E-state index in [-0.39, 0.29) is 5.75 Å². The number of carbonyl (C=O) groups excluding carboxylic acids is 2. The average Bonchev–Trinajstić information content (AvgIpc) is 2.56. The minimum Gasteiger partial charge on any atom is -0.493 e. The minimum absolute atomic E-state index is 0.238. The maximum Gasteiger partial charge on any atom is 0.328 e. The van der Waals surface area contributed by atoms with Gasteiger partial charge in [-0.1, -0.05) is 30.3 Å². The second-order valence-electron chi connectivity index (χ2n) is 4.75. The van der Waals surface area contributed by atoms with E-state index in [4.69, 9.17) is 15.2 Å². The van der Waals surface area contributed by atoms with E-state index in [2.05, 4.69) is 0 Å². The SMILES string of the molecule is COc1cc(C=O)ccc1OC(=O)[C@@H](N)Cc1ccccc1. The second-order valence-corrected chi connectivity index (χ2v) is 4.75. The van der Waals surface area contributed by atoms with Crippen LogP contribution in [-0.2, 0) is 11.2 Å². The average molecular weight is 299 g/mol. The molecule has 5 nitrogen and oxygen atoms in total. The Bertz CT molecular complexity index is 655. The minimum atomic E-state index is -0.780. The molecule has 0 amide bonds. The van der Waals surface area contributed by atoms with Gasteiger partial charge in [-0.05, 0) is 30.2 Å². The van der Waals surface area contributed by atoms with Crippen LogP contribution in [-0.4, -0.2) is 25.4 Å². The molecule has 22 heavy (non-hydrogen) atoms. The predicted octanol–water partition coefficient (Wildman–Crippen LogP) is 1.98. The highest BCUT2D eigenvalue weighted by Gasteiger charge is 2.18. The van der Waals surface area contributed by atoms with E-state index in [9.17, 15) is 9.59 Å². The normalized spacial score (nSPS) is 11.5. The van der Waals surface area contributed by atoms with E-state index in [1.54, 1.807) is 6.07 Å². The molecule has 0 aliphatic rings. The summed E-state index contributed by atoms with van der Waals surface area (Å²) in [4.78, 5) is 22.8. The van der Waals surface area contributed by atoms with Crippen molar-refractivity contribution < 1.29 is 19.1 Å². The maximum absolute atomic E-state index is 12.1. The lowest BCUT2D eigenvalue weighted by molar-refractivity contribution is -0.135. The Morgan fingerprint density at radius 3 is 2.55 bits per heavy atom. The van der Waals surface area contributed by atoms with Crippen molar-refractivity contribution in [2.45, 2.75) is 12.5 Å². The summed E-state index contributed by atoms with van der Waals surface area (Å²) in [6, 6.07) is 13.2. The second kappa shape index (κ2) is 7.38. The third-order valence-corrected chi connectivity index (χ3v) is 3.14. The molecule has 0 heterocycles. The van der Waals surface area contributed by atoms with Crippen LogP contribution in [0.3, 0.4) is 0 Å². The Labute approximate surface area is 128 Å². The van der Waals surface area contributed by atoms with Gasteiger partial charge in [-0.15, -0.1) is 0 Å². The van der Waals surface area contributed by atoms with Gasteiger partial charge in [-0.2, -0.15) is 0 Å². The first-order valence-electron chi connectivity index (χ1n) is 6.78. The lowest BCUT2D eigenvalue weighted by atomic mass is 10.1. The molecule has 5 heteroatoms. The molecule has 114 valence electrons. The molecular weight excluding hydrogens is 282 g/mol. The largest absolute Gasteiger partial charge is 0.493 e. The number of nitrogens with two attached hydrogens (primary N) is 1. The number of ether oxygens (including phenoxy) is 2.